The lowest BCUT2D eigenvalue weighted by atomic mass is 9.85. The Hall–Kier alpha value is -3.87. The fraction of sp³-hybridized carbons (Fsp3) is 0.516. The maximum atomic E-state index is 13.6. The van der Waals surface area contributed by atoms with Gasteiger partial charge in [-0.25, -0.2) is 4.79 Å². The molecule has 3 amide bonds. The van der Waals surface area contributed by atoms with Crippen LogP contribution in [0, 0.1) is 11.8 Å². The molecule has 6 atom stereocenters. The van der Waals surface area contributed by atoms with Crippen LogP contribution < -0.4 is 16.4 Å². The van der Waals surface area contributed by atoms with E-state index in [1.54, 1.807) is 32.9 Å². The fourth-order valence-electron chi connectivity index (χ4n) is 4.95. The number of allylic oxidation sites excluding steroid dienone is 4. The molecular weight excluding hydrogens is 558 g/mol. The van der Waals surface area contributed by atoms with Gasteiger partial charge >= 0.3 is 6.09 Å². The van der Waals surface area contributed by atoms with Crippen molar-refractivity contribution in [3.8, 4) is 0 Å². The largest absolute Gasteiger partial charge is 0.439 e. The monoisotopic (exact) mass is 601 g/mol. The van der Waals surface area contributed by atoms with E-state index in [1.165, 1.54) is 33.3 Å². The van der Waals surface area contributed by atoms with Crippen molar-refractivity contribution in [1.82, 2.24) is 10.6 Å². The average molecular weight is 602 g/mol. The van der Waals surface area contributed by atoms with Crippen molar-refractivity contribution in [1.29, 1.82) is 0 Å². The summed E-state index contributed by atoms with van der Waals surface area (Å²) in [7, 11) is 2.87. The Kier molecular flexibility index (Phi) is 13.2. The van der Waals surface area contributed by atoms with Gasteiger partial charge in [0.1, 0.15) is 6.10 Å². The number of hydrogen-bond donors (Lipinski definition) is 4. The first-order valence-electron chi connectivity index (χ1n) is 14.1. The molecule has 43 heavy (non-hydrogen) atoms. The van der Waals surface area contributed by atoms with Gasteiger partial charge in [0.05, 0.1) is 23.6 Å². The number of aliphatic hydroxyl groups is 1. The summed E-state index contributed by atoms with van der Waals surface area (Å²) in [4.78, 5) is 63.5. The summed E-state index contributed by atoms with van der Waals surface area (Å²) in [5.41, 5.74) is 5.80. The quantitative estimate of drug-likeness (QED) is 0.271. The minimum atomic E-state index is -1.02. The summed E-state index contributed by atoms with van der Waals surface area (Å²) in [6, 6.07) is 0. The van der Waals surface area contributed by atoms with Gasteiger partial charge in [0.15, 0.2) is 6.10 Å². The number of carbonyl (C=O) groups is 5. The van der Waals surface area contributed by atoms with Gasteiger partial charge < -0.3 is 35.7 Å². The van der Waals surface area contributed by atoms with Crippen LogP contribution in [0.25, 0.3) is 0 Å². The molecule has 5 N–H and O–H groups in total. The third-order valence-corrected chi connectivity index (χ3v) is 7.38. The molecule has 0 aromatic carbocycles. The van der Waals surface area contributed by atoms with Crippen LogP contribution in [-0.2, 0) is 33.4 Å². The molecule has 0 radical (unpaired) electrons. The molecule has 2 bridgehead atoms. The molecule has 0 aromatic heterocycles. The third kappa shape index (κ3) is 9.57. The summed E-state index contributed by atoms with van der Waals surface area (Å²) in [6.45, 7) is 8.45. The minimum Gasteiger partial charge on any atom is -0.439 e. The molecule has 0 saturated carbocycles. The number of Topliss-reactive ketones (excluding diaryl/α,β-unsaturated/α-hetero) is 1. The van der Waals surface area contributed by atoms with Crippen molar-refractivity contribution in [2.45, 2.75) is 78.3 Å². The molecule has 12 heteroatoms. The lowest BCUT2D eigenvalue weighted by Crippen LogP contribution is -2.38. The van der Waals surface area contributed by atoms with Gasteiger partial charge in [-0.05, 0) is 38.2 Å². The third-order valence-electron chi connectivity index (χ3n) is 7.38. The van der Waals surface area contributed by atoms with Gasteiger partial charge in [-0.1, -0.05) is 45.1 Å². The molecule has 12 nitrogen and oxygen atoms in total. The molecule has 236 valence electrons. The highest BCUT2D eigenvalue weighted by molar-refractivity contribution is 6.24. The maximum absolute atomic E-state index is 13.6. The van der Waals surface area contributed by atoms with E-state index in [1.807, 2.05) is 6.92 Å². The summed E-state index contributed by atoms with van der Waals surface area (Å²) < 4.78 is 16.5. The normalized spacial score (nSPS) is 31.2. The minimum absolute atomic E-state index is 0.0547. The van der Waals surface area contributed by atoms with Gasteiger partial charge in [-0.15, -0.1) is 0 Å². The predicted molar refractivity (Wildman–Crippen MR) is 158 cm³/mol. The van der Waals surface area contributed by atoms with Crippen molar-refractivity contribution < 1.29 is 43.3 Å². The van der Waals surface area contributed by atoms with E-state index in [-0.39, 0.29) is 47.7 Å². The van der Waals surface area contributed by atoms with Crippen LogP contribution in [0.15, 0.2) is 58.5 Å². The first-order valence-corrected chi connectivity index (χ1v) is 14.1. The Morgan fingerprint density at radius 2 is 1.81 bits per heavy atom. The standard InChI is InChI=1S/C31H43N3O9/c1-8-25(36)34-26-20-12-16(2)13-24(42-7)27(37)18(4)14-19(5)29(43-31(32)40)23(41-6)11-9-10-17(3)30(39)33-21(28(20)38)15-22(26)35/h9-11,14-16,18,23-24,27,29,37H,8,12-13H2,1-7H3,(H2,32,40)(H,33,39)(H,34,36)/b11-9+,17-10-,19-14+/t16-,18+,23+,24+,27-,29+/m1/s1. The van der Waals surface area contributed by atoms with Crippen LogP contribution in [0.1, 0.15) is 53.9 Å². The number of rotatable bonds is 5. The number of primary amides is 1. The van der Waals surface area contributed by atoms with E-state index < -0.39 is 59.8 Å². The van der Waals surface area contributed by atoms with Crippen molar-refractivity contribution in [3.05, 3.63) is 58.5 Å². The van der Waals surface area contributed by atoms with E-state index in [0.717, 1.165) is 6.08 Å². The number of methoxy groups -OCH3 is 2. The summed E-state index contributed by atoms with van der Waals surface area (Å²) in [6.07, 6.45) is 3.28. The molecule has 0 spiro atoms. The highest BCUT2D eigenvalue weighted by Gasteiger charge is 2.34. The predicted octanol–water partition coefficient (Wildman–Crippen LogP) is 2.29. The van der Waals surface area contributed by atoms with Crippen LogP contribution in [-0.4, -0.2) is 73.2 Å². The fourth-order valence-corrected chi connectivity index (χ4v) is 4.95. The summed E-state index contributed by atoms with van der Waals surface area (Å²) in [5.74, 6) is -3.06. The Labute approximate surface area is 252 Å². The number of nitrogens with one attached hydrogen (secondary N) is 2. The molecule has 1 aliphatic heterocycles. The van der Waals surface area contributed by atoms with Gasteiger partial charge in [-0.2, -0.15) is 0 Å². The van der Waals surface area contributed by atoms with Crippen LogP contribution >= 0.6 is 0 Å². The highest BCUT2D eigenvalue weighted by atomic mass is 16.6. The van der Waals surface area contributed by atoms with Crippen LogP contribution in [0.4, 0.5) is 4.79 Å². The SMILES string of the molecule is CCC(=O)NC1=C2C[C@@H](C)C[C@H](OC)[C@H](O)[C@@H](C)/C=C(\C)[C@H](OC(N)=O)[C@@H](OC)/C=C/C=C(/C)C(=O)NC(=CC1=O)C2=O. The zero-order valence-corrected chi connectivity index (χ0v) is 25.8. The molecule has 0 saturated heterocycles. The molecule has 2 aliphatic rings. The number of hydrogen-bond acceptors (Lipinski definition) is 9. The molecule has 2 rings (SSSR count). The van der Waals surface area contributed by atoms with E-state index in [4.69, 9.17) is 19.9 Å². The number of fused-ring (bicyclic) bond motifs is 2. The molecule has 0 unspecified atom stereocenters. The molecule has 1 heterocycles. The van der Waals surface area contributed by atoms with Crippen molar-refractivity contribution in [2.24, 2.45) is 17.6 Å². The molecule has 1 aliphatic carbocycles. The Morgan fingerprint density at radius 3 is 2.40 bits per heavy atom. The Bertz CT molecular complexity index is 1260. The van der Waals surface area contributed by atoms with Crippen molar-refractivity contribution >= 4 is 29.5 Å². The second kappa shape index (κ2) is 16.1. The van der Waals surface area contributed by atoms with Gasteiger partial charge in [-0.3, -0.25) is 19.2 Å². The zero-order chi connectivity index (χ0) is 32.4. The summed E-state index contributed by atoms with van der Waals surface area (Å²) in [5, 5.41) is 16.3. The van der Waals surface area contributed by atoms with Crippen molar-refractivity contribution in [2.75, 3.05) is 14.2 Å². The van der Waals surface area contributed by atoms with Crippen LogP contribution in [0.3, 0.4) is 0 Å². The molecule has 0 fully saturated rings. The van der Waals surface area contributed by atoms with Gasteiger partial charge in [0.2, 0.25) is 17.5 Å². The van der Waals surface area contributed by atoms with Crippen molar-refractivity contribution in [3.63, 3.8) is 0 Å². The second-order valence-electron chi connectivity index (χ2n) is 10.8. The number of carbonyl (C=O) groups excluding carboxylic acids is 5. The van der Waals surface area contributed by atoms with Gasteiger partial charge in [0.25, 0.3) is 5.91 Å². The van der Waals surface area contributed by atoms with E-state index in [9.17, 15) is 29.1 Å². The number of ketones is 2. The number of nitrogens with two attached hydrogens (primary N) is 1. The smallest absolute Gasteiger partial charge is 0.405 e. The number of amides is 3. The second-order valence-corrected chi connectivity index (χ2v) is 10.8. The Balaban J connectivity index is 2.64. The van der Waals surface area contributed by atoms with Crippen LogP contribution in [0.5, 0.6) is 0 Å². The number of aliphatic hydroxyl groups excluding tert-OH is 1. The highest BCUT2D eigenvalue weighted by Crippen LogP contribution is 2.29. The first-order chi connectivity index (χ1) is 20.2. The lowest BCUT2D eigenvalue weighted by molar-refractivity contribution is -0.122. The maximum Gasteiger partial charge on any atom is 0.405 e. The first kappa shape index (κ1) is 35.3. The summed E-state index contributed by atoms with van der Waals surface area (Å²) >= 11 is 0. The zero-order valence-electron chi connectivity index (χ0n) is 25.8. The van der Waals surface area contributed by atoms with E-state index in [0.29, 0.717) is 5.57 Å². The van der Waals surface area contributed by atoms with Gasteiger partial charge in [0, 0.05) is 43.8 Å². The lowest BCUT2D eigenvalue weighted by Gasteiger charge is -2.30. The van der Waals surface area contributed by atoms with E-state index in [2.05, 4.69) is 10.6 Å². The van der Waals surface area contributed by atoms with E-state index >= 15 is 0 Å². The number of ether oxygens (including phenoxy) is 3. The molecular formula is C31H43N3O9. The molecule has 0 aromatic rings. The Morgan fingerprint density at radius 1 is 1.14 bits per heavy atom. The topological polar surface area (TPSA) is 183 Å². The van der Waals surface area contributed by atoms with Crippen LogP contribution in [0.2, 0.25) is 0 Å². The average Bonchev–Trinajstić information content (AvgIpc) is 2.95.